The third kappa shape index (κ3) is 50.8. The molecule has 0 saturated carbocycles. The van der Waals surface area contributed by atoms with Gasteiger partial charge >= 0.3 is 17.9 Å². The van der Waals surface area contributed by atoms with Crippen LogP contribution in [-0.4, -0.2) is 37.2 Å². The predicted octanol–water partition coefficient (Wildman–Crippen LogP) is 17.7. The van der Waals surface area contributed by atoms with Crippen LogP contribution in [0.2, 0.25) is 0 Å². The SMILES string of the molecule is CC/C=C\C/C=C\C/C=C\C/C=C\C/C=C\CCCCCC(=O)OCC(COC(=O)CCC/C=C\C/C=C\C/C=C\CC)OC(=O)CCCCCCC/C=C\C=C/CCCCCCCCC. The number of unbranched alkanes of at least 4 members (excludes halogenated alkanes) is 16. The molecule has 0 spiro atoms. The van der Waals surface area contributed by atoms with Gasteiger partial charge in [0.1, 0.15) is 13.2 Å². The van der Waals surface area contributed by atoms with Crippen molar-refractivity contribution in [3.63, 3.8) is 0 Å². The van der Waals surface area contributed by atoms with E-state index in [0.29, 0.717) is 12.8 Å². The molecule has 1 atom stereocenters. The summed E-state index contributed by atoms with van der Waals surface area (Å²) in [5.74, 6) is -1.03. The second-order valence-electron chi connectivity index (χ2n) is 17.0. The monoisotopic (exact) mass is 913 g/mol. The van der Waals surface area contributed by atoms with Gasteiger partial charge in [-0.2, -0.15) is 0 Å². The number of esters is 3. The summed E-state index contributed by atoms with van der Waals surface area (Å²) in [7, 11) is 0. The molecule has 0 radical (unpaired) electrons. The van der Waals surface area contributed by atoms with Gasteiger partial charge in [-0.25, -0.2) is 0 Å². The van der Waals surface area contributed by atoms with Crippen molar-refractivity contribution in [2.75, 3.05) is 13.2 Å². The van der Waals surface area contributed by atoms with Crippen molar-refractivity contribution in [2.45, 2.75) is 226 Å². The molecule has 0 aromatic heterocycles. The Bertz CT molecular complexity index is 1420. The second kappa shape index (κ2) is 53.4. The zero-order chi connectivity index (χ0) is 47.9. The zero-order valence-corrected chi connectivity index (χ0v) is 42.4. The van der Waals surface area contributed by atoms with E-state index < -0.39 is 6.10 Å². The molecule has 0 aliphatic heterocycles. The van der Waals surface area contributed by atoms with Crippen molar-refractivity contribution in [2.24, 2.45) is 0 Å². The molecule has 0 aliphatic carbocycles. The maximum atomic E-state index is 12.8. The first kappa shape index (κ1) is 61.8. The molecule has 0 heterocycles. The first-order valence-corrected chi connectivity index (χ1v) is 26.6. The summed E-state index contributed by atoms with van der Waals surface area (Å²) in [6.45, 7) is 6.30. The normalized spacial score (nSPS) is 13.1. The van der Waals surface area contributed by atoms with Crippen LogP contribution >= 0.6 is 0 Å². The molecular formula is C60H96O6. The van der Waals surface area contributed by atoms with Gasteiger partial charge in [-0.15, -0.1) is 0 Å². The Balaban J connectivity index is 4.51. The van der Waals surface area contributed by atoms with Crippen LogP contribution in [0.15, 0.2) is 122 Å². The number of ether oxygens (including phenoxy) is 3. The minimum Gasteiger partial charge on any atom is -0.462 e. The van der Waals surface area contributed by atoms with Gasteiger partial charge in [-0.05, 0) is 116 Å². The maximum Gasteiger partial charge on any atom is 0.306 e. The molecule has 6 heteroatoms. The zero-order valence-electron chi connectivity index (χ0n) is 42.4. The average Bonchev–Trinajstić information content (AvgIpc) is 3.31. The molecule has 0 aromatic carbocycles. The summed E-state index contributed by atoms with van der Waals surface area (Å²) < 4.78 is 16.7. The summed E-state index contributed by atoms with van der Waals surface area (Å²) in [5.41, 5.74) is 0. The third-order valence-corrected chi connectivity index (χ3v) is 10.7. The Hall–Kier alpha value is -4.19. The topological polar surface area (TPSA) is 78.9 Å². The van der Waals surface area contributed by atoms with E-state index in [-0.39, 0.29) is 44.0 Å². The Labute approximate surface area is 405 Å². The fraction of sp³-hybridized carbons (Fsp3) is 0.617. The van der Waals surface area contributed by atoms with E-state index in [1.54, 1.807) is 0 Å². The highest BCUT2D eigenvalue weighted by Crippen LogP contribution is 2.12. The fourth-order valence-corrected chi connectivity index (χ4v) is 6.78. The number of rotatable bonds is 46. The Morgan fingerprint density at radius 2 is 0.652 bits per heavy atom. The van der Waals surface area contributed by atoms with Gasteiger partial charge in [-0.3, -0.25) is 14.4 Å². The van der Waals surface area contributed by atoms with Gasteiger partial charge in [0, 0.05) is 19.3 Å². The summed E-state index contributed by atoms with van der Waals surface area (Å²) in [6.07, 6.45) is 73.4. The van der Waals surface area contributed by atoms with Gasteiger partial charge in [0.25, 0.3) is 0 Å². The number of hydrogen-bond donors (Lipinski definition) is 0. The molecule has 1 unspecified atom stereocenters. The van der Waals surface area contributed by atoms with Crippen LogP contribution in [0.4, 0.5) is 0 Å². The van der Waals surface area contributed by atoms with Crippen LogP contribution < -0.4 is 0 Å². The van der Waals surface area contributed by atoms with Crippen molar-refractivity contribution in [1.29, 1.82) is 0 Å². The summed E-state index contributed by atoms with van der Waals surface area (Å²) in [4.78, 5) is 38.0. The van der Waals surface area contributed by atoms with Crippen LogP contribution in [0.3, 0.4) is 0 Å². The number of carbonyl (C=O) groups excluding carboxylic acids is 3. The Morgan fingerprint density at radius 1 is 0.333 bits per heavy atom. The molecule has 0 bridgehead atoms. The lowest BCUT2D eigenvalue weighted by Crippen LogP contribution is -2.30. The highest BCUT2D eigenvalue weighted by molar-refractivity contribution is 5.71. The maximum absolute atomic E-state index is 12.8. The second-order valence-corrected chi connectivity index (χ2v) is 17.0. The lowest BCUT2D eigenvalue weighted by molar-refractivity contribution is -0.167. The third-order valence-electron chi connectivity index (χ3n) is 10.7. The van der Waals surface area contributed by atoms with E-state index in [1.807, 2.05) is 0 Å². The van der Waals surface area contributed by atoms with Crippen molar-refractivity contribution < 1.29 is 28.6 Å². The minimum absolute atomic E-state index is 0.121. The standard InChI is InChI=1S/C60H96O6/c1-4-7-10-13-16-19-22-24-26-28-30-32-33-35-38-41-44-47-50-53-59(62)65-56-57(55-64-58(61)52-49-46-43-40-37-21-18-15-12-9-6-3)66-60(63)54-51-48-45-42-39-36-34-31-29-27-25-23-20-17-14-11-8-5-2/h7,9-10,12,16,18-19,21,24,26-27,29-32,34-35,38,40,43,57H,4-6,8,11,13-15,17,20,22-23,25,28,33,36-37,39,41-42,44-56H2,1-3H3/b10-7-,12-9-,19-16-,21-18-,26-24-,29-27-,32-30-,34-31-,38-35-,43-40-. The number of hydrogen-bond acceptors (Lipinski definition) is 6. The smallest absolute Gasteiger partial charge is 0.306 e. The lowest BCUT2D eigenvalue weighted by Gasteiger charge is -2.18. The van der Waals surface area contributed by atoms with Crippen molar-refractivity contribution in [3.8, 4) is 0 Å². The van der Waals surface area contributed by atoms with E-state index in [0.717, 1.165) is 122 Å². The minimum atomic E-state index is -0.823. The molecule has 6 nitrogen and oxygen atoms in total. The molecule has 0 fully saturated rings. The van der Waals surface area contributed by atoms with E-state index in [9.17, 15) is 14.4 Å². The van der Waals surface area contributed by atoms with Crippen LogP contribution in [0.5, 0.6) is 0 Å². The number of carbonyl (C=O) groups is 3. The largest absolute Gasteiger partial charge is 0.462 e. The summed E-state index contributed by atoms with van der Waals surface area (Å²) in [6, 6.07) is 0. The van der Waals surface area contributed by atoms with Gasteiger partial charge in [0.05, 0.1) is 0 Å². The lowest BCUT2D eigenvalue weighted by atomic mass is 10.1. The molecular weight excluding hydrogens is 817 g/mol. The molecule has 0 aliphatic rings. The predicted molar refractivity (Wildman–Crippen MR) is 283 cm³/mol. The number of allylic oxidation sites excluding steroid dienone is 20. The molecule has 0 N–H and O–H groups in total. The van der Waals surface area contributed by atoms with Gasteiger partial charge in [0.15, 0.2) is 6.10 Å². The van der Waals surface area contributed by atoms with Crippen LogP contribution in [-0.2, 0) is 28.6 Å². The molecule has 0 saturated heterocycles. The van der Waals surface area contributed by atoms with E-state index in [4.69, 9.17) is 14.2 Å². The van der Waals surface area contributed by atoms with Crippen LogP contribution in [0, 0.1) is 0 Å². The van der Waals surface area contributed by atoms with Crippen molar-refractivity contribution >= 4 is 17.9 Å². The van der Waals surface area contributed by atoms with Gasteiger partial charge in [0.2, 0.25) is 0 Å². The summed E-state index contributed by atoms with van der Waals surface area (Å²) >= 11 is 0. The fourth-order valence-electron chi connectivity index (χ4n) is 6.78. The van der Waals surface area contributed by atoms with Crippen LogP contribution in [0.1, 0.15) is 220 Å². The first-order chi connectivity index (χ1) is 32.5. The van der Waals surface area contributed by atoms with Gasteiger partial charge < -0.3 is 14.2 Å². The van der Waals surface area contributed by atoms with E-state index in [2.05, 4.69) is 142 Å². The Kier molecular flexibility index (Phi) is 50.0. The first-order valence-electron chi connectivity index (χ1n) is 26.6. The van der Waals surface area contributed by atoms with Gasteiger partial charge in [-0.1, -0.05) is 206 Å². The van der Waals surface area contributed by atoms with Crippen molar-refractivity contribution in [1.82, 2.24) is 0 Å². The molecule has 66 heavy (non-hydrogen) atoms. The summed E-state index contributed by atoms with van der Waals surface area (Å²) in [5, 5.41) is 0. The van der Waals surface area contributed by atoms with E-state index in [1.165, 1.54) is 51.4 Å². The highest BCUT2D eigenvalue weighted by atomic mass is 16.6. The molecule has 0 amide bonds. The molecule has 0 aromatic rings. The Morgan fingerprint density at radius 3 is 1.09 bits per heavy atom. The van der Waals surface area contributed by atoms with E-state index >= 15 is 0 Å². The molecule has 0 rings (SSSR count). The quantitative estimate of drug-likeness (QED) is 0.0199. The highest BCUT2D eigenvalue weighted by Gasteiger charge is 2.19. The average molecular weight is 913 g/mol. The van der Waals surface area contributed by atoms with Crippen molar-refractivity contribution in [3.05, 3.63) is 122 Å². The van der Waals surface area contributed by atoms with Crippen LogP contribution in [0.25, 0.3) is 0 Å². The molecule has 372 valence electrons.